The molecule has 0 spiro atoms. The summed E-state index contributed by atoms with van der Waals surface area (Å²) in [5.74, 6) is 0. The van der Waals surface area contributed by atoms with Crippen molar-refractivity contribution in [1.82, 2.24) is 9.97 Å². The summed E-state index contributed by atoms with van der Waals surface area (Å²) >= 11 is 0. The molecule has 3 rings (SSSR count). The second-order valence-corrected chi connectivity index (χ2v) is 11.8. The maximum absolute atomic E-state index is 4.76. The maximum atomic E-state index is 4.76. The molecule has 0 aliphatic heterocycles. The molecule has 0 N–H and O–H groups in total. The molecule has 0 fully saturated rings. The minimum Gasteiger partial charge on any atom is -0.257 e. The lowest BCUT2D eigenvalue weighted by Crippen LogP contribution is -2.21. The van der Waals surface area contributed by atoms with Crippen LogP contribution in [-0.2, 0) is 6.16 Å². The van der Waals surface area contributed by atoms with Gasteiger partial charge in [-0.15, -0.1) is 0 Å². The minimum absolute atomic E-state index is 0.282. The zero-order valence-electron chi connectivity index (χ0n) is 17.7. The summed E-state index contributed by atoms with van der Waals surface area (Å²) in [6, 6.07) is 21.9. The van der Waals surface area contributed by atoms with Gasteiger partial charge >= 0.3 is 0 Å². The Kier molecular flexibility index (Phi) is 9.26. The highest BCUT2D eigenvalue weighted by Gasteiger charge is 2.20. The van der Waals surface area contributed by atoms with Crippen molar-refractivity contribution in [2.45, 2.75) is 45.7 Å². The van der Waals surface area contributed by atoms with Gasteiger partial charge in [-0.25, -0.2) is 0 Å². The fraction of sp³-hybridized carbons (Fsp3) is 0.360. The van der Waals surface area contributed by atoms with E-state index in [0.717, 1.165) is 6.16 Å². The van der Waals surface area contributed by atoms with Crippen LogP contribution in [0.1, 0.15) is 45.1 Å². The highest BCUT2D eigenvalue weighted by molar-refractivity contribution is 7.73. The van der Waals surface area contributed by atoms with Gasteiger partial charge in [0.1, 0.15) is 0 Å². The molecule has 2 nitrogen and oxygen atoms in total. The summed E-state index contributed by atoms with van der Waals surface area (Å²) in [6.45, 7) is 4.56. The molecule has 0 aliphatic rings. The smallest absolute Gasteiger partial charge is 0.0676 e. The monoisotopic (exact) mass is 422 g/mol. The standard InChI is InChI=1S/C25H32N2P2/c1-3-5-19-28(24-15-9-11-17-26-24)21-22-13-7-8-14-23(22)29(20-6-4-2)25-16-10-12-18-27-25/h7-18H,3-6,19-21H2,1-2H3. The Morgan fingerprint density at radius 1 is 0.690 bits per heavy atom. The molecule has 2 heterocycles. The Hall–Kier alpha value is -1.62. The van der Waals surface area contributed by atoms with Gasteiger partial charge in [-0.2, -0.15) is 0 Å². The molecule has 0 amide bonds. The molecule has 0 bridgehead atoms. The summed E-state index contributed by atoms with van der Waals surface area (Å²) in [4.78, 5) is 9.49. The zero-order chi connectivity index (χ0) is 20.3. The van der Waals surface area contributed by atoms with Crippen molar-refractivity contribution < 1.29 is 0 Å². The topological polar surface area (TPSA) is 25.8 Å². The molecule has 2 aromatic heterocycles. The number of benzene rings is 1. The van der Waals surface area contributed by atoms with E-state index in [2.05, 4.69) is 62.4 Å². The van der Waals surface area contributed by atoms with E-state index in [1.165, 1.54) is 59.7 Å². The van der Waals surface area contributed by atoms with Crippen LogP contribution in [0.5, 0.6) is 0 Å². The first-order valence-corrected chi connectivity index (χ1v) is 14.0. The number of rotatable bonds is 11. The Balaban J connectivity index is 1.93. The average Bonchev–Trinajstić information content (AvgIpc) is 2.79. The second-order valence-electron chi connectivity index (χ2n) is 7.28. The van der Waals surface area contributed by atoms with Gasteiger partial charge in [0, 0.05) is 12.4 Å². The molecule has 2 unspecified atom stereocenters. The molecular weight excluding hydrogens is 390 g/mol. The fourth-order valence-corrected chi connectivity index (χ4v) is 8.64. The Morgan fingerprint density at radius 3 is 1.97 bits per heavy atom. The number of aromatic nitrogens is 2. The number of nitrogens with zero attached hydrogens (tertiary/aromatic N) is 2. The van der Waals surface area contributed by atoms with Crippen LogP contribution in [0.4, 0.5) is 0 Å². The SMILES string of the molecule is CCCCP(Cc1ccccc1P(CCCC)c1ccccn1)c1ccccn1. The fourth-order valence-electron chi connectivity index (χ4n) is 3.47. The van der Waals surface area contributed by atoms with Gasteiger partial charge in [0.2, 0.25) is 0 Å². The van der Waals surface area contributed by atoms with Gasteiger partial charge in [0.05, 0.1) is 10.9 Å². The van der Waals surface area contributed by atoms with Crippen molar-refractivity contribution >= 4 is 32.0 Å². The van der Waals surface area contributed by atoms with Crippen LogP contribution in [-0.4, -0.2) is 22.3 Å². The largest absolute Gasteiger partial charge is 0.257 e. The summed E-state index contributed by atoms with van der Waals surface area (Å²) in [6.07, 6.45) is 12.5. The molecule has 29 heavy (non-hydrogen) atoms. The lowest BCUT2D eigenvalue weighted by molar-refractivity contribution is 0.890. The number of pyridine rings is 2. The molecule has 0 saturated carbocycles. The lowest BCUT2D eigenvalue weighted by Gasteiger charge is -2.23. The summed E-state index contributed by atoms with van der Waals surface area (Å²) in [5.41, 5.74) is 4.06. The van der Waals surface area contributed by atoms with Crippen molar-refractivity contribution in [3.63, 3.8) is 0 Å². The summed E-state index contributed by atoms with van der Waals surface area (Å²) in [7, 11) is -0.693. The average molecular weight is 422 g/mol. The maximum Gasteiger partial charge on any atom is 0.0676 e. The Morgan fingerprint density at radius 2 is 1.31 bits per heavy atom. The third-order valence-corrected chi connectivity index (χ3v) is 10.1. The third kappa shape index (κ3) is 6.43. The van der Waals surface area contributed by atoms with Gasteiger partial charge in [0.25, 0.3) is 0 Å². The van der Waals surface area contributed by atoms with Crippen molar-refractivity contribution in [3.05, 3.63) is 78.6 Å². The van der Waals surface area contributed by atoms with Crippen LogP contribution in [0, 0.1) is 0 Å². The van der Waals surface area contributed by atoms with Crippen LogP contribution >= 0.6 is 15.8 Å². The van der Waals surface area contributed by atoms with Crippen LogP contribution in [0.25, 0.3) is 0 Å². The van der Waals surface area contributed by atoms with Crippen molar-refractivity contribution in [2.75, 3.05) is 12.3 Å². The van der Waals surface area contributed by atoms with E-state index in [0.29, 0.717) is 0 Å². The molecule has 0 aliphatic carbocycles. The first-order chi connectivity index (χ1) is 14.3. The van der Waals surface area contributed by atoms with Crippen molar-refractivity contribution in [2.24, 2.45) is 0 Å². The van der Waals surface area contributed by atoms with Gasteiger partial charge in [-0.05, 0) is 74.4 Å². The third-order valence-electron chi connectivity index (χ3n) is 5.06. The summed E-state index contributed by atoms with van der Waals surface area (Å²) in [5, 5.41) is 1.52. The minimum atomic E-state index is -0.411. The molecule has 152 valence electrons. The van der Waals surface area contributed by atoms with E-state index in [-0.39, 0.29) is 7.92 Å². The van der Waals surface area contributed by atoms with E-state index in [1.807, 2.05) is 24.5 Å². The predicted molar refractivity (Wildman–Crippen MR) is 131 cm³/mol. The molecule has 0 saturated heterocycles. The van der Waals surface area contributed by atoms with Crippen molar-refractivity contribution in [1.29, 1.82) is 0 Å². The first-order valence-electron chi connectivity index (χ1n) is 10.8. The van der Waals surface area contributed by atoms with Crippen LogP contribution < -0.4 is 16.2 Å². The van der Waals surface area contributed by atoms with Crippen LogP contribution in [0.3, 0.4) is 0 Å². The van der Waals surface area contributed by atoms with Gasteiger partial charge in [-0.3, -0.25) is 9.97 Å². The van der Waals surface area contributed by atoms with Crippen LogP contribution in [0.15, 0.2) is 73.1 Å². The quantitative estimate of drug-likeness (QED) is 0.364. The molecule has 0 radical (unpaired) electrons. The van der Waals surface area contributed by atoms with E-state index in [9.17, 15) is 0 Å². The molecule has 1 aromatic carbocycles. The van der Waals surface area contributed by atoms with E-state index >= 15 is 0 Å². The second kappa shape index (κ2) is 12.2. The lowest BCUT2D eigenvalue weighted by atomic mass is 10.2. The molecular formula is C25H32N2P2. The molecule has 4 heteroatoms. The number of unbranched alkanes of at least 4 members (excludes halogenated alkanes) is 2. The van der Waals surface area contributed by atoms with Crippen molar-refractivity contribution in [3.8, 4) is 0 Å². The van der Waals surface area contributed by atoms with Gasteiger partial charge in [0.15, 0.2) is 0 Å². The van der Waals surface area contributed by atoms with Gasteiger partial charge in [-0.1, -0.05) is 71.0 Å². The highest BCUT2D eigenvalue weighted by Crippen LogP contribution is 2.42. The Labute approximate surface area is 178 Å². The first kappa shape index (κ1) is 22.1. The van der Waals surface area contributed by atoms with E-state index < -0.39 is 7.92 Å². The Bertz CT molecular complexity index is 840. The van der Waals surface area contributed by atoms with E-state index in [4.69, 9.17) is 9.97 Å². The summed E-state index contributed by atoms with van der Waals surface area (Å²) < 4.78 is 0. The predicted octanol–water partition coefficient (Wildman–Crippen LogP) is 5.82. The van der Waals surface area contributed by atoms with Crippen LogP contribution in [0.2, 0.25) is 0 Å². The highest BCUT2D eigenvalue weighted by atomic mass is 31.1. The van der Waals surface area contributed by atoms with Gasteiger partial charge < -0.3 is 0 Å². The normalized spacial score (nSPS) is 13.2. The number of hydrogen-bond acceptors (Lipinski definition) is 2. The number of hydrogen-bond donors (Lipinski definition) is 0. The zero-order valence-corrected chi connectivity index (χ0v) is 19.5. The molecule has 3 aromatic rings. The molecule has 2 atom stereocenters. The van der Waals surface area contributed by atoms with E-state index in [1.54, 1.807) is 0 Å².